The zero-order valence-corrected chi connectivity index (χ0v) is 16.8. The molecule has 6 nitrogen and oxygen atoms in total. The first-order valence-electron chi connectivity index (χ1n) is 9.58. The number of rotatable bonds is 9. The van der Waals surface area contributed by atoms with Crippen LogP contribution in [0.5, 0.6) is 11.5 Å². The highest BCUT2D eigenvalue weighted by Gasteiger charge is 2.13. The highest BCUT2D eigenvalue weighted by Crippen LogP contribution is 2.19. The molecule has 0 heterocycles. The summed E-state index contributed by atoms with van der Waals surface area (Å²) in [5.74, 6) is 0.533. The Morgan fingerprint density at radius 1 is 0.900 bits per heavy atom. The molecule has 6 heteroatoms. The van der Waals surface area contributed by atoms with Crippen molar-refractivity contribution >= 4 is 11.8 Å². The predicted molar refractivity (Wildman–Crippen MR) is 115 cm³/mol. The van der Waals surface area contributed by atoms with Crippen LogP contribution < -0.4 is 15.2 Å². The number of primary amides is 1. The lowest BCUT2D eigenvalue weighted by atomic mass is 10.1. The summed E-state index contributed by atoms with van der Waals surface area (Å²) in [5.41, 5.74) is 7.07. The third-order valence-electron chi connectivity index (χ3n) is 4.51. The van der Waals surface area contributed by atoms with E-state index in [0.29, 0.717) is 30.0 Å². The lowest BCUT2D eigenvalue weighted by Gasteiger charge is -2.18. The molecule has 3 aromatic rings. The molecule has 0 saturated heterocycles. The van der Waals surface area contributed by atoms with Gasteiger partial charge in [0.1, 0.15) is 24.7 Å². The van der Waals surface area contributed by atoms with E-state index in [0.717, 1.165) is 11.3 Å². The molecule has 0 radical (unpaired) electrons. The van der Waals surface area contributed by atoms with Crippen molar-refractivity contribution in [3.8, 4) is 11.5 Å². The molecule has 30 heavy (non-hydrogen) atoms. The smallest absolute Gasteiger partial charge is 0.253 e. The second-order valence-electron chi connectivity index (χ2n) is 6.74. The molecule has 0 fully saturated rings. The van der Waals surface area contributed by atoms with Crippen LogP contribution in [-0.2, 0) is 6.61 Å². The van der Waals surface area contributed by atoms with Crippen molar-refractivity contribution in [2.24, 2.45) is 5.73 Å². The third-order valence-corrected chi connectivity index (χ3v) is 4.51. The monoisotopic (exact) mass is 404 g/mol. The van der Waals surface area contributed by atoms with E-state index in [1.54, 1.807) is 54.4 Å². The van der Waals surface area contributed by atoms with Crippen LogP contribution in [0.3, 0.4) is 0 Å². The number of hydrogen-bond donors (Lipinski definition) is 1. The average molecular weight is 404 g/mol. The second kappa shape index (κ2) is 10.1. The molecule has 0 spiro atoms. The van der Waals surface area contributed by atoms with E-state index in [1.165, 1.54) is 0 Å². The van der Waals surface area contributed by atoms with Crippen molar-refractivity contribution in [2.75, 3.05) is 20.2 Å². The van der Waals surface area contributed by atoms with Gasteiger partial charge in [-0.05, 0) is 42.0 Å². The molecule has 0 unspecified atom stereocenters. The van der Waals surface area contributed by atoms with Gasteiger partial charge in [0.2, 0.25) is 0 Å². The van der Waals surface area contributed by atoms with Gasteiger partial charge < -0.3 is 20.1 Å². The predicted octanol–water partition coefficient (Wildman–Crippen LogP) is 3.52. The average Bonchev–Trinajstić information content (AvgIpc) is 2.78. The highest BCUT2D eigenvalue weighted by molar-refractivity contribution is 5.95. The van der Waals surface area contributed by atoms with Gasteiger partial charge in [0.25, 0.3) is 11.8 Å². The molecular weight excluding hydrogens is 380 g/mol. The molecule has 0 aliphatic carbocycles. The first-order chi connectivity index (χ1) is 14.5. The van der Waals surface area contributed by atoms with Gasteiger partial charge in [0, 0.05) is 12.6 Å². The molecule has 154 valence electrons. The molecule has 3 rings (SSSR count). The van der Waals surface area contributed by atoms with Crippen LogP contribution in [0.15, 0.2) is 78.9 Å². The van der Waals surface area contributed by atoms with E-state index < -0.39 is 5.91 Å². The highest BCUT2D eigenvalue weighted by atomic mass is 16.5. The molecule has 0 atom stereocenters. The van der Waals surface area contributed by atoms with Gasteiger partial charge in [0.15, 0.2) is 0 Å². The maximum atomic E-state index is 12.7. The van der Waals surface area contributed by atoms with E-state index >= 15 is 0 Å². The Hall–Kier alpha value is -3.80. The summed E-state index contributed by atoms with van der Waals surface area (Å²) in [5, 5.41) is 0. The van der Waals surface area contributed by atoms with Crippen LogP contribution in [0.2, 0.25) is 0 Å². The number of nitrogens with zero attached hydrogens (tertiary/aromatic N) is 1. The van der Waals surface area contributed by atoms with Crippen molar-refractivity contribution in [1.82, 2.24) is 4.90 Å². The molecule has 0 aliphatic rings. The lowest BCUT2D eigenvalue weighted by Crippen LogP contribution is -2.30. The molecule has 0 aliphatic heterocycles. The Morgan fingerprint density at radius 2 is 1.63 bits per heavy atom. The summed E-state index contributed by atoms with van der Waals surface area (Å²) >= 11 is 0. The number of carbonyl (C=O) groups is 2. The van der Waals surface area contributed by atoms with E-state index in [1.807, 2.05) is 36.4 Å². The fourth-order valence-corrected chi connectivity index (χ4v) is 2.89. The maximum absolute atomic E-state index is 12.7. The minimum absolute atomic E-state index is 0.106. The Kier molecular flexibility index (Phi) is 7.05. The fourth-order valence-electron chi connectivity index (χ4n) is 2.89. The fraction of sp³-hybridized carbons (Fsp3) is 0.167. The van der Waals surface area contributed by atoms with E-state index in [9.17, 15) is 9.59 Å². The summed E-state index contributed by atoms with van der Waals surface area (Å²) in [6.45, 7) is 1.08. The number of ether oxygens (including phenoxy) is 2. The molecule has 0 bridgehead atoms. The Labute approximate surface area is 175 Å². The van der Waals surface area contributed by atoms with Crippen molar-refractivity contribution < 1.29 is 19.1 Å². The zero-order chi connectivity index (χ0) is 21.3. The summed E-state index contributed by atoms with van der Waals surface area (Å²) in [6, 6.07) is 23.5. The van der Waals surface area contributed by atoms with E-state index in [2.05, 4.69) is 0 Å². The van der Waals surface area contributed by atoms with Gasteiger partial charge in [-0.1, -0.05) is 42.5 Å². The quantitative estimate of drug-likeness (QED) is 0.592. The van der Waals surface area contributed by atoms with Crippen LogP contribution in [0.1, 0.15) is 26.3 Å². The molecular formula is C24H24N2O4. The summed E-state index contributed by atoms with van der Waals surface area (Å²) in [4.78, 5) is 25.9. The Bertz CT molecular complexity index is 1000. The number of hydrogen-bond acceptors (Lipinski definition) is 4. The van der Waals surface area contributed by atoms with Crippen molar-refractivity contribution in [2.45, 2.75) is 6.61 Å². The van der Waals surface area contributed by atoms with E-state index in [-0.39, 0.29) is 12.5 Å². The molecule has 2 N–H and O–H groups in total. The molecule has 0 aromatic heterocycles. The van der Waals surface area contributed by atoms with Crippen LogP contribution in [0.4, 0.5) is 0 Å². The van der Waals surface area contributed by atoms with Crippen LogP contribution in [0.25, 0.3) is 0 Å². The zero-order valence-electron chi connectivity index (χ0n) is 16.8. The number of para-hydroxylation sites is 2. The normalized spacial score (nSPS) is 10.3. The third kappa shape index (κ3) is 5.61. The van der Waals surface area contributed by atoms with Gasteiger partial charge in [-0.25, -0.2) is 0 Å². The molecule has 2 amide bonds. The number of likely N-dealkylation sites (N-methyl/N-ethyl adjacent to an activating group) is 1. The van der Waals surface area contributed by atoms with Gasteiger partial charge in [0.05, 0.1) is 12.1 Å². The first kappa shape index (κ1) is 20.9. The number of nitrogens with two attached hydrogens (primary N) is 1. The van der Waals surface area contributed by atoms with Gasteiger partial charge in [-0.2, -0.15) is 0 Å². The Morgan fingerprint density at radius 3 is 2.40 bits per heavy atom. The lowest BCUT2D eigenvalue weighted by molar-refractivity contribution is 0.0773. The Balaban J connectivity index is 1.57. The summed E-state index contributed by atoms with van der Waals surface area (Å²) in [6.07, 6.45) is 0. The molecule has 0 saturated carbocycles. The number of carbonyl (C=O) groups excluding carboxylic acids is 2. The molecule has 3 aromatic carbocycles. The van der Waals surface area contributed by atoms with Crippen LogP contribution in [0, 0.1) is 0 Å². The second-order valence-corrected chi connectivity index (χ2v) is 6.74. The van der Waals surface area contributed by atoms with Gasteiger partial charge in [-0.3, -0.25) is 9.59 Å². The van der Waals surface area contributed by atoms with Gasteiger partial charge in [-0.15, -0.1) is 0 Å². The number of amides is 2. The first-order valence-corrected chi connectivity index (χ1v) is 9.58. The topological polar surface area (TPSA) is 81.9 Å². The van der Waals surface area contributed by atoms with Crippen molar-refractivity contribution in [3.05, 3.63) is 95.6 Å². The minimum atomic E-state index is -0.547. The largest absolute Gasteiger partial charge is 0.492 e. The van der Waals surface area contributed by atoms with Crippen LogP contribution in [-0.4, -0.2) is 36.9 Å². The van der Waals surface area contributed by atoms with Crippen LogP contribution >= 0.6 is 0 Å². The SMILES string of the molecule is CN(CCOc1ccccc1)C(=O)c1cccc(COc2ccccc2C(N)=O)c1. The maximum Gasteiger partial charge on any atom is 0.253 e. The van der Waals surface area contributed by atoms with Crippen molar-refractivity contribution in [1.29, 1.82) is 0 Å². The number of benzene rings is 3. The van der Waals surface area contributed by atoms with Crippen molar-refractivity contribution in [3.63, 3.8) is 0 Å². The van der Waals surface area contributed by atoms with Gasteiger partial charge >= 0.3 is 0 Å². The summed E-state index contributed by atoms with van der Waals surface area (Å²) in [7, 11) is 1.74. The van der Waals surface area contributed by atoms with E-state index in [4.69, 9.17) is 15.2 Å². The standard InChI is InChI=1S/C24H24N2O4/c1-26(14-15-29-20-10-3-2-4-11-20)24(28)19-9-7-8-18(16-19)17-30-22-13-6-5-12-21(22)23(25)27/h2-13,16H,14-15,17H2,1H3,(H2,25,27). The minimum Gasteiger partial charge on any atom is -0.492 e. The summed E-state index contributed by atoms with van der Waals surface area (Å²) < 4.78 is 11.4.